The normalized spacial score (nSPS) is 10.0. The van der Waals surface area contributed by atoms with E-state index in [-0.39, 0.29) is 0 Å². The molecule has 2 aromatic rings. The van der Waals surface area contributed by atoms with Gasteiger partial charge in [-0.05, 0) is 55.0 Å². The number of thiocarbonyl (C=S) groups is 1. The summed E-state index contributed by atoms with van der Waals surface area (Å²) >= 11 is 11.4. The van der Waals surface area contributed by atoms with Gasteiger partial charge in [0.15, 0.2) is 5.11 Å². The minimum atomic E-state index is 0.449. The number of aryl methyl sites for hydroxylation is 1. The Morgan fingerprint density at radius 3 is 2.32 bits per heavy atom. The minimum Gasteiger partial charge on any atom is -0.495 e. The molecule has 0 atom stereocenters. The fraction of sp³-hybridized carbons (Fsp3) is 0.188. The van der Waals surface area contributed by atoms with Crippen molar-refractivity contribution in [3.05, 3.63) is 47.0 Å². The summed E-state index contributed by atoms with van der Waals surface area (Å²) in [6, 6.07) is 11.2. The van der Waals surface area contributed by atoms with Gasteiger partial charge in [0, 0.05) is 5.69 Å². The lowest BCUT2D eigenvalue weighted by Gasteiger charge is -2.14. The Kier molecular flexibility index (Phi) is 5.46. The summed E-state index contributed by atoms with van der Waals surface area (Å²) in [5.41, 5.74) is 2.69. The second-order valence-electron chi connectivity index (χ2n) is 4.63. The van der Waals surface area contributed by atoms with Gasteiger partial charge in [0.2, 0.25) is 0 Å². The summed E-state index contributed by atoms with van der Waals surface area (Å²) in [5.74, 6) is 1.34. The molecule has 0 aliphatic rings. The average Bonchev–Trinajstić information content (AvgIpc) is 2.47. The van der Waals surface area contributed by atoms with Crippen LogP contribution in [0.5, 0.6) is 11.5 Å². The Morgan fingerprint density at radius 2 is 1.68 bits per heavy atom. The first kappa shape index (κ1) is 16.4. The van der Waals surface area contributed by atoms with E-state index >= 15 is 0 Å². The zero-order chi connectivity index (χ0) is 16.1. The summed E-state index contributed by atoms with van der Waals surface area (Å²) in [6.45, 7) is 2.00. The first-order chi connectivity index (χ1) is 10.5. The maximum atomic E-state index is 6.09. The van der Waals surface area contributed by atoms with Crippen LogP contribution in [0.15, 0.2) is 36.4 Å². The van der Waals surface area contributed by atoms with Crippen LogP contribution in [0.25, 0.3) is 0 Å². The maximum absolute atomic E-state index is 6.09. The summed E-state index contributed by atoms with van der Waals surface area (Å²) in [6.07, 6.45) is 0. The number of anilines is 2. The Balaban J connectivity index is 2.10. The highest BCUT2D eigenvalue weighted by molar-refractivity contribution is 7.80. The quantitative estimate of drug-likeness (QED) is 0.806. The van der Waals surface area contributed by atoms with Crippen molar-refractivity contribution >= 4 is 40.3 Å². The van der Waals surface area contributed by atoms with Gasteiger partial charge in [-0.3, -0.25) is 0 Å². The molecule has 0 radical (unpaired) electrons. The van der Waals surface area contributed by atoms with Gasteiger partial charge in [0.05, 0.1) is 24.9 Å². The molecule has 4 nitrogen and oxygen atoms in total. The van der Waals surface area contributed by atoms with Crippen LogP contribution in [0, 0.1) is 6.92 Å². The van der Waals surface area contributed by atoms with Crippen LogP contribution in [0.4, 0.5) is 11.4 Å². The molecule has 0 bridgehead atoms. The molecular weight excluding hydrogens is 320 g/mol. The van der Waals surface area contributed by atoms with Crippen molar-refractivity contribution in [1.82, 2.24) is 0 Å². The molecule has 0 aliphatic carbocycles. The Labute approximate surface area is 140 Å². The zero-order valence-electron chi connectivity index (χ0n) is 12.6. The smallest absolute Gasteiger partial charge is 0.175 e. The van der Waals surface area contributed by atoms with Crippen LogP contribution in [-0.2, 0) is 0 Å². The van der Waals surface area contributed by atoms with Crippen molar-refractivity contribution in [2.45, 2.75) is 6.92 Å². The van der Waals surface area contributed by atoms with Crippen molar-refractivity contribution in [2.24, 2.45) is 0 Å². The number of methoxy groups -OCH3 is 2. The van der Waals surface area contributed by atoms with E-state index < -0.39 is 0 Å². The molecule has 0 fully saturated rings. The molecule has 2 rings (SSSR count). The number of rotatable bonds is 4. The lowest BCUT2D eigenvalue weighted by molar-refractivity contribution is 0.415. The fourth-order valence-electron chi connectivity index (χ4n) is 1.95. The molecule has 0 aliphatic heterocycles. The van der Waals surface area contributed by atoms with Crippen LogP contribution in [0.1, 0.15) is 5.56 Å². The molecule has 0 amide bonds. The molecule has 116 valence electrons. The van der Waals surface area contributed by atoms with Crippen LogP contribution in [0.2, 0.25) is 5.02 Å². The number of hydrogen-bond donors (Lipinski definition) is 2. The highest BCUT2D eigenvalue weighted by atomic mass is 35.5. The highest BCUT2D eigenvalue weighted by Gasteiger charge is 2.07. The van der Waals surface area contributed by atoms with Crippen LogP contribution in [0.3, 0.4) is 0 Å². The molecule has 0 aromatic heterocycles. The second kappa shape index (κ2) is 7.33. The summed E-state index contributed by atoms with van der Waals surface area (Å²) in [7, 11) is 3.19. The number of halogens is 1. The Morgan fingerprint density at radius 1 is 1.00 bits per heavy atom. The molecule has 22 heavy (non-hydrogen) atoms. The maximum Gasteiger partial charge on any atom is 0.175 e. The number of ether oxygens (including phenoxy) is 2. The summed E-state index contributed by atoms with van der Waals surface area (Å²) in [5, 5.41) is 7.16. The van der Waals surface area contributed by atoms with E-state index in [1.807, 2.05) is 31.2 Å². The van der Waals surface area contributed by atoms with Gasteiger partial charge < -0.3 is 20.1 Å². The van der Waals surface area contributed by atoms with Crippen molar-refractivity contribution in [1.29, 1.82) is 0 Å². The second-order valence-corrected chi connectivity index (χ2v) is 5.45. The van der Waals surface area contributed by atoms with E-state index in [1.165, 1.54) is 0 Å². The van der Waals surface area contributed by atoms with E-state index in [1.54, 1.807) is 26.4 Å². The third kappa shape index (κ3) is 4.02. The van der Waals surface area contributed by atoms with Crippen LogP contribution < -0.4 is 20.1 Å². The van der Waals surface area contributed by atoms with Gasteiger partial charge in [-0.1, -0.05) is 17.7 Å². The number of nitrogens with one attached hydrogen (secondary N) is 2. The van der Waals surface area contributed by atoms with Crippen molar-refractivity contribution in [3.8, 4) is 11.5 Å². The highest BCUT2D eigenvalue weighted by Crippen LogP contribution is 2.28. The zero-order valence-corrected chi connectivity index (χ0v) is 14.1. The number of hydrogen-bond acceptors (Lipinski definition) is 3. The summed E-state index contributed by atoms with van der Waals surface area (Å²) < 4.78 is 10.4. The van der Waals surface area contributed by atoms with E-state index in [0.29, 0.717) is 15.9 Å². The van der Waals surface area contributed by atoms with Crippen molar-refractivity contribution in [2.75, 3.05) is 24.9 Å². The van der Waals surface area contributed by atoms with Crippen LogP contribution in [-0.4, -0.2) is 19.3 Å². The predicted octanol–water partition coefficient (Wildman–Crippen LogP) is 4.47. The van der Waals surface area contributed by atoms with Gasteiger partial charge >= 0.3 is 0 Å². The van der Waals surface area contributed by atoms with E-state index in [0.717, 1.165) is 22.7 Å². The lowest BCUT2D eigenvalue weighted by atomic mass is 10.2. The van der Waals surface area contributed by atoms with Gasteiger partial charge in [-0.15, -0.1) is 0 Å². The van der Waals surface area contributed by atoms with Crippen LogP contribution >= 0.6 is 23.8 Å². The lowest BCUT2D eigenvalue weighted by Crippen LogP contribution is -2.19. The predicted molar refractivity (Wildman–Crippen MR) is 95.6 cm³/mol. The van der Waals surface area contributed by atoms with Gasteiger partial charge in [0.1, 0.15) is 11.5 Å². The van der Waals surface area contributed by atoms with E-state index in [4.69, 9.17) is 33.3 Å². The van der Waals surface area contributed by atoms with E-state index in [2.05, 4.69) is 10.6 Å². The number of benzene rings is 2. The molecule has 6 heteroatoms. The fourth-order valence-corrected chi connectivity index (χ4v) is 2.43. The molecule has 2 aromatic carbocycles. The van der Waals surface area contributed by atoms with Crippen molar-refractivity contribution < 1.29 is 9.47 Å². The monoisotopic (exact) mass is 336 g/mol. The SMILES string of the molecule is COc1ccc(NC(=S)Nc2cc(C)ccc2OC)cc1Cl. The largest absolute Gasteiger partial charge is 0.495 e. The van der Waals surface area contributed by atoms with Crippen molar-refractivity contribution in [3.63, 3.8) is 0 Å². The molecule has 0 saturated carbocycles. The van der Waals surface area contributed by atoms with Gasteiger partial charge in [-0.25, -0.2) is 0 Å². The Hall–Kier alpha value is -1.98. The standard InChI is InChI=1S/C16H17ClN2O2S/c1-10-4-6-15(21-3)13(8-10)19-16(22)18-11-5-7-14(20-2)12(17)9-11/h4-9H,1-3H3,(H2,18,19,22). The average molecular weight is 337 g/mol. The molecule has 0 heterocycles. The molecule has 2 N–H and O–H groups in total. The first-order valence-corrected chi connectivity index (χ1v) is 7.38. The molecular formula is C16H17ClN2O2S. The third-order valence-electron chi connectivity index (χ3n) is 3.01. The molecule has 0 unspecified atom stereocenters. The van der Waals surface area contributed by atoms with Gasteiger partial charge in [-0.2, -0.15) is 0 Å². The first-order valence-electron chi connectivity index (χ1n) is 6.59. The topological polar surface area (TPSA) is 42.5 Å². The van der Waals surface area contributed by atoms with E-state index in [9.17, 15) is 0 Å². The summed E-state index contributed by atoms with van der Waals surface area (Å²) in [4.78, 5) is 0. The molecule has 0 spiro atoms. The van der Waals surface area contributed by atoms with Gasteiger partial charge in [0.25, 0.3) is 0 Å². The molecule has 0 saturated heterocycles. The Bertz CT molecular complexity index is 692. The third-order valence-corrected chi connectivity index (χ3v) is 3.51. The minimum absolute atomic E-state index is 0.449.